The van der Waals surface area contributed by atoms with Gasteiger partial charge in [-0.3, -0.25) is 0 Å². The largest absolute Gasteiger partial charge is 0.870 e. The molecule has 0 aliphatic carbocycles. The monoisotopic (exact) mass is 4680 g/mol. The first-order valence-electron chi connectivity index (χ1n) is 0. The second kappa shape index (κ2) is 2500. The summed E-state index contributed by atoms with van der Waals surface area (Å²) in [6, 6.07) is 0. The minimum absolute atomic E-state index is 0. The first-order chi connectivity index (χ1) is 0. The van der Waals surface area contributed by atoms with Crippen molar-refractivity contribution in [2.24, 2.45) is 0 Å². The average molecular weight is 4680 g/mol. The fraction of sp³-hybridized carbons (Fsp3) is 0. The molecule has 0 aliphatic heterocycles. The Labute approximate surface area is 1120 Å². The predicted octanol–water partition coefficient (Wildman–Crippen LogP) is -53.5. The molecule has 0 bridgehead atoms. The molecule has 8 radical (unpaired) electrons. The van der Waals surface area contributed by atoms with Crippen LogP contribution < -0.4 is 0 Å². The van der Waals surface area contributed by atoms with Crippen molar-refractivity contribution in [1.29, 1.82) is 0 Å². The smallest absolute Gasteiger partial charge is 0 e. The summed E-state index contributed by atoms with van der Waals surface area (Å²) in [5.74, 6) is 0. The molecule has 2 unspecified atom stereocenters. The van der Waals surface area contributed by atoms with Crippen LogP contribution in [0, 0.1) is 0 Å². The van der Waals surface area contributed by atoms with Gasteiger partial charge in [0.25, 0.3) is 0 Å². The topological polar surface area (TPSA) is 1950 Å². The standard InChI is InChI=1S/Fe.8K.62H2O.2H3P.17W/h;;;;;;;;;62*1H2;2*1H3;;;;;;;;;;;;;;;;;/p-1. The Bertz CT molecular complexity index is 120. The molecule has 0 fully saturated rings. The molecule has 0 heterocycles. The third-order valence-electron chi connectivity index (χ3n) is 0. The Morgan fingerprint density at radius 3 is 0.0667 bits per heavy atom. The van der Waals surface area contributed by atoms with Crippen LogP contribution in [0.15, 0.2) is 0 Å². The van der Waals surface area contributed by atoms with Gasteiger partial charge >= 0.3 is 0 Å². The predicted molar refractivity (Wildman–Crippen MR) is 291 cm³/mol. The number of rotatable bonds is 0. The number of hydrogen-bond donors (Lipinski definition) is 0. The quantitative estimate of drug-likeness (QED) is 0.166. The van der Waals surface area contributed by atoms with Gasteiger partial charge in [-0.1, -0.05) is 0 Å². The summed E-state index contributed by atoms with van der Waals surface area (Å²) in [5.41, 5.74) is 0. The molecule has 630 valence electrons. The van der Waals surface area contributed by atoms with Crippen molar-refractivity contribution < 1.29 is 715 Å². The Balaban J connectivity index is 0. The van der Waals surface area contributed by atoms with Crippen molar-refractivity contribution in [2.45, 2.75) is 0 Å². The first-order valence-corrected chi connectivity index (χ1v) is 0. The van der Waals surface area contributed by atoms with Crippen molar-refractivity contribution in [3.63, 3.8) is 0 Å². The van der Waals surface area contributed by atoms with Gasteiger partial charge in [-0.05, 0) is 0 Å². The molecule has 0 saturated carbocycles. The molecule has 0 aromatic rings. The molecule has 90 heteroatoms. The zero-order valence-electron chi connectivity index (χ0n) is 47.7. The van der Waals surface area contributed by atoms with Gasteiger partial charge in [-0.15, -0.1) is 0 Å². The maximum Gasteiger partial charge on any atom is 0 e. The van der Waals surface area contributed by atoms with Gasteiger partial charge in [0.1, 0.15) is 0 Å². The Morgan fingerprint density at radius 1 is 0.0667 bits per heavy atom. The molecule has 0 spiro atoms. The van der Waals surface area contributed by atoms with Gasteiger partial charge in [0.05, 0.1) is 0 Å². The molecule has 2 atom stereocenters. The van der Waals surface area contributed by atoms with Crippen LogP contribution in [0.1, 0.15) is 0 Å². The van der Waals surface area contributed by atoms with E-state index in [1.54, 1.807) is 0 Å². The average Bonchev–Trinajstić information content (AvgIpc) is 0. The Hall–Kier alpha value is 23.7. The molecule has 123 N–H and O–H groups in total. The van der Waals surface area contributed by atoms with E-state index in [4.69, 9.17) is 0 Å². The van der Waals surface area contributed by atoms with Crippen LogP contribution in [0.2, 0.25) is 0 Å². The van der Waals surface area contributed by atoms with E-state index in [-0.39, 0.29) is 1150 Å². The maximum atomic E-state index is 0. The van der Waals surface area contributed by atoms with Crippen LogP contribution in [0.5, 0.6) is 0 Å². The van der Waals surface area contributed by atoms with E-state index in [0.717, 1.165) is 0 Å². The van der Waals surface area contributed by atoms with Crippen LogP contribution in [-0.4, -0.2) is 751 Å². The van der Waals surface area contributed by atoms with Crippen molar-refractivity contribution in [3.05, 3.63) is 0 Å². The molecule has 90 heavy (non-hydrogen) atoms. The first kappa shape index (κ1) is 2570. The summed E-state index contributed by atoms with van der Waals surface area (Å²) < 4.78 is 0. The van der Waals surface area contributed by atoms with Crippen LogP contribution in [-0.2, 0) is 375 Å². The van der Waals surface area contributed by atoms with Crippen LogP contribution in [0.3, 0.4) is 0 Å². The molecule has 62 nitrogen and oxygen atoms in total. The molecule has 0 aromatic carbocycles. The normalized spacial score (nSPS) is 0. The summed E-state index contributed by atoms with van der Waals surface area (Å²) in [5, 5.41) is 0. The summed E-state index contributed by atoms with van der Waals surface area (Å²) >= 11 is 0. The van der Waals surface area contributed by atoms with Crippen molar-refractivity contribution in [2.75, 3.05) is 0 Å². The summed E-state index contributed by atoms with van der Waals surface area (Å²) in [4.78, 5) is 0. The fourth-order valence-corrected chi connectivity index (χ4v) is 0. The van der Waals surface area contributed by atoms with Crippen molar-refractivity contribution in [1.82, 2.24) is 0 Å². The molecule has 0 saturated heterocycles. The van der Waals surface area contributed by atoms with Gasteiger partial charge in [0.15, 0.2) is 0 Å². The van der Waals surface area contributed by atoms with Crippen molar-refractivity contribution >= 4 is 431 Å². The minimum atomic E-state index is 0. The third-order valence-corrected chi connectivity index (χ3v) is 0. The summed E-state index contributed by atoms with van der Waals surface area (Å²) in [6.07, 6.45) is 0. The number of hydrogen-bond acceptors (Lipinski definition) is 1. The van der Waals surface area contributed by atoms with Gasteiger partial charge < -0.3 is 340 Å². The van der Waals surface area contributed by atoms with E-state index < -0.39 is 0 Å². The summed E-state index contributed by atoms with van der Waals surface area (Å²) in [6.45, 7) is 0. The zero-order valence-corrected chi connectivity index (χ0v) is 126. The van der Waals surface area contributed by atoms with Gasteiger partial charge in [-0.25, -0.2) is 0 Å². The van der Waals surface area contributed by atoms with Gasteiger partial charge in [-0.2, -0.15) is 19.8 Å². The second-order valence-corrected chi connectivity index (χ2v) is 0. The molecule has 0 aliphatic rings. The molecule has 0 amide bonds. The third kappa shape index (κ3) is 2440. The molecular formula is H129FeK8O62P2W17-. The van der Waals surface area contributed by atoms with E-state index in [1.807, 2.05) is 0 Å². The van der Waals surface area contributed by atoms with Crippen molar-refractivity contribution in [3.8, 4) is 0 Å². The molecule has 0 aromatic heterocycles. The zero-order chi connectivity index (χ0) is 0. The molecular weight excluding hydrogens is 4550 g/mol. The SMILES string of the molecule is O.O.O.O.O.O.O.O.O.O.O.O.O.O.O.O.O.O.O.O.O.O.O.O.O.O.O.O.O.O.O.O.O.O.O.O.O.O.O.O.O.O.O.O.O.O.O.O.O.O.O.O.O.O.O.O.O.O.O.O.O.P.P.[Fe].[K].[K].[K].[K].[K].[K].[K].[K].[OH-].[W].[W].[W].[W].[W].[W].[W].[W].[W].[W].[W].[W].[W].[W].[W].[W].[W]. The Kier molecular flexibility index (Phi) is 71600. The maximum absolute atomic E-state index is 0. The Morgan fingerprint density at radius 2 is 0.0667 bits per heavy atom. The fourth-order valence-electron chi connectivity index (χ4n) is 0. The van der Waals surface area contributed by atoms with Crippen LogP contribution in [0.25, 0.3) is 0 Å². The van der Waals surface area contributed by atoms with Crippen LogP contribution in [0.4, 0.5) is 0 Å². The second-order valence-electron chi connectivity index (χ2n) is 0. The van der Waals surface area contributed by atoms with Gasteiger partial charge in [0.2, 0.25) is 0 Å². The van der Waals surface area contributed by atoms with E-state index in [9.17, 15) is 0 Å². The van der Waals surface area contributed by atoms with Gasteiger partial charge in [0, 0.05) is 786 Å². The molecule has 0 rings (SSSR count). The van der Waals surface area contributed by atoms with E-state index in [0.29, 0.717) is 0 Å². The minimum Gasteiger partial charge on any atom is -0.870 e. The van der Waals surface area contributed by atoms with E-state index in [1.165, 1.54) is 0 Å². The van der Waals surface area contributed by atoms with Crippen LogP contribution >= 0.6 is 19.8 Å². The van der Waals surface area contributed by atoms with E-state index >= 15 is 0 Å². The van der Waals surface area contributed by atoms with E-state index in [2.05, 4.69) is 0 Å². The summed E-state index contributed by atoms with van der Waals surface area (Å²) in [7, 11) is 0.